The molecule has 0 atom stereocenters. The smallest absolute Gasteiger partial charge is 0.0230 e. The van der Waals surface area contributed by atoms with E-state index in [1.165, 1.54) is 36.8 Å². The van der Waals surface area contributed by atoms with Gasteiger partial charge in [0.25, 0.3) is 0 Å². The average Bonchev–Trinajstić information content (AvgIpc) is 2.30. The average molecular weight is 214 g/mol. The summed E-state index contributed by atoms with van der Waals surface area (Å²) < 4.78 is 0. The van der Waals surface area contributed by atoms with Crippen LogP contribution in [0.1, 0.15) is 43.7 Å². The molecule has 0 bridgehead atoms. The molecule has 16 heavy (non-hydrogen) atoms. The summed E-state index contributed by atoms with van der Waals surface area (Å²) in [4.78, 5) is 0. The fraction of sp³-hybridized carbons (Fsp3) is 0.500. The molecule has 1 fully saturated rings. The fourth-order valence-corrected chi connectivity index (χ4v) is 2.40. The molecule has 0 heterocycles. The van der Waals surface area contributed by atoms with Crippen LogP contribution >= 0.6 is 0 Å². The van der Waals surface area contributed by atoms with Crippen LogP contribution in [0.15, 0.2) is 30.3 Å². The van der Waals surface area contributed by atoms with Crippen LogP contribution in [0.2, 0.25) is 0 Å². The summed E-state index contributed by atoms with van der Waals surface area (Å²) in [6, 6.07) is 8.78. The number of aryl methyl sites for hydroxylation is 1. The van der Waals surface area contributed by atoms with E-state index < -0.39 is 0 Å². The summed E-state index contributed by atoms with van der Waals surface area (Å²) in [5, 5.41) is 0. The molecule has 1 aromatic carbocycles. The minimum Gasteiger partial charge on any atom is -0.0808 e. The second kappa shape index (κ2) is 5.34. The van der Waals surface area contributed by atoms with Crippen molar-refractivity contribution in [2.45, 2.75) is 39.5 Å². The van der Waals surface area contributed by atoms with Gasteiger partial charge in [0.2, 0.25) is 0 Å². The largest absolute Gasteiger partial charge is 0.0808 e. The van der Waals surface area contributed by atoms with E-state index in [1.54, 1.807) is 0 Å². The Bertz CT molecular complexity index is 337. The van der Waals surface area contributed by atoms with Gasteiger partial charge in [-0.25, -0.2) is 0 Å². The molecular weight excluding hydrogens is 192 g/mol. The first-order valence-corrected chi connectivity index (χ1v) is 6.49. The molecule has 0 aliphatic heterocycles. The van der Waals surface area contributed by atoms with Gasteiger partial charge in [-0.05, 0) is 37.2 Å². The standard InChI is InChI=1S/C16H22/c1-13-3-7-15(8-4-13)11-12-16-9-5-14(2)6-10-16/h3-4,7-8,11-12,14,16H,5-6,9-10H2,1-2H3/b12-11+. The van der Waals surface area contributed by atoms with Gasteiger partial charge >= 0.3 is 0 Å². The Morgan fingerprint density at radius 2 is 1.62 bits per heavy atom. The van der Waals surface area contributed by atoms with Crippen LogP contribution in [0.4, 0.5) is 0 Å². The number of rotatable bonds is 2. The second-order valence-electron chi connectivity index (χ2n) is 5.29. The van der Waals surface area contributed by atoms with Gasteiger partial charge in [-0.3, -0.25) is 0 Å². The Balaban J connectivity index is 1.91. The van der Waals surface area contributed by atoms with Gasteiger partial charge in [-0.15, -0.1) is 0 Å². The van der Waals surface area contributed by atoms with Gasteiger partial charge in [-0.2, -0.15) is 0 Å². The molecule has 0 nitrogen and oxygen atoms in total. The molecule has 0 unspecified atom stereocenters. The predicted octanol–water partition coefficient (Wildman–Crippen LogP) is 4.83. The molecular formula is C16H22. The first kappa shape index (κ1) is 11.4. The van der Waals surface area contributed by atoms with Crippen molar-refractivity contribution in [2.24, 2.45) is 11.8 Å². The van der Waals surface area contributed by atoms with Gasteiger partial charge in [0.1, 0.15) is 0 Å². The Hall–Kier alpha value is -1.04. The molecule has 1 aromatic rings. The number of hydrogen-bond acceptors (Lipinski definition) is 0. The second-order valence-corrected chi connectivity index (χ2v) is 5.29. The van der Waals surface area contributed by atoms with Crippen LogP contribution < -0.4 is 0 Å². The first-order chi connectivity index (χ1) is 7.74. The lowest BCUT2D eigenvalue weighted by Gasteiger charge is -2.23. The molecule has 0 aromatic heterocycles. The van der Waals surface area contributed by atoms with Crippen LogP contribution in [0, 0.1) is 18.8 Å². The Morgan fingerprint density at radius 1 is 1.00 bits per heavy atom. The summed E-state index contributed by atoms with van der Waals surface area (Å²) in [7, 11) is 0. The van der Waals surface area contributed by atoms with Crippen LogP contribution in [-0.4, -0.2) is 0 Å². The minimum absolute atomic E-state index is 0.817. The van der Waals surface area contributed by atoms with E-state index in [9.17, 15) is 0 Å². The van der Waals surface area contributed by atoms with Crippen molar-refractivity contribution in [1.82, 2.24) is 0 Å². The molecule has 0 spiro atoms. The topological polar surface area (TPSA) is 0 Å². The van der Waals surface area contributed by atoms with Gasteiger partial charge in [0.15, 0.2) is 0 Å². The Labute approximate surface area is 99.4 Å². The highest BCUT2D eigenvalue weighted by Gasteiger charge is 2.15. The fourth-order valence-electron chi connectivity index (χ4n) is 2.40. The predicted molar refractivity (Wildman–Crippen MR) is 71.3 cm³/mol. The van der Waals surface area contributed by atoms with Gasteiger partial charge in [-0.1, -0.05) is 61.7 Å². The van der Waals surface area contributed by atoms with Crippen LogP contribution in [0.5, 0.6) is 0 Å². The van der Waals surface area contributed by atoms with E-state index in [0.29, 0.717) is 0 Å². The molecule has 2 rings (SSSR count). The highest BCUT2D eigenvalue weighted by Crippen LogP contribution is 2.29. The van der Waals surface area contributed by atoms with Gasteiger partial charge in [0.05, 0.1) is 0 Å². The van der Waals surface area contributed by atoms with Crippen molar-refractivity contribution in [3.8, 4) is 0 Å². The van der Waals surface area contributed by atoms with E-state index in [4.69, 9.17) is 0 Å². The quantitative estimate of drug-likeness (QED) is 0.661. The monoisotopic (exact) mass is 214 g/mol. The Kier molecular flexibility index (Phi) is 3.82. The maximum absolute atomic E-state index is 2.41. The summed E-state index contributed by atoms with van der Waals surface area (Å²) in [6.45, 7) is 4.51. The van der Waals surface area contributed by atoms with Crippen LogP contribution in [0.25, 0.3) is 6.08 Å². The third-order valence-electron chi connectivity index (χ3n) is 3.70. The van der Waals surface area contributed by atoms with E-state index in [1.807, 2.05) is 0 Å². The van der Waals surface area contributed by atoms with Crippen molar-refractivity contribution in [3.63, 3.8) is 0 Å². The maximum Gasteiger partial charge on any atom is -0.0230 e. The molecule has 1 saturated carbocycles. The lowest BCUT2D eigenvalue weighted by molar-refractivity contribution is 0.331. The molecule has 0 radical (unpaired) electrons. The number of allylic oxidation sites excluding steroid dienone is 1. The minimum atomic E-state index is 0.817. The zero-order chi connectivity index (χ0) is 11.4. The van der Waals surface area contributed by atoms with Crippen molar-refractivity contribution in [3.05, 3.63) is 41.5 Å². The van der Waals surface area contributed by atoms with Gasteiger partial charge < -0.3 is 0 Å². The maximum atomic E-state index is 2.41. The molecule has 0 heteroatoms. The van der Waals surface area contributed by atoms with Crippen molar-refractivity contribution in [1.29, 1.82) is 0 Å². The van der Waals surface area contributed by atoms with Crippen molar-refractivity contribution in [2.75, 3.05) is 0 Å². The van der Waals surface area contributed by atoms with Crippen molar-refractivity contribution >= 4 is 6.08 Å². The first-order valence-electron chi connectivity index (χ1n) is 6.49. The van der Waals surface area contributed by atoms with Crippen molar-refractivity contribution < 1.29 is 0 Å². The van der Waals surface area contributed by atoms with Gasteiger partial charge in [0, 0.05) is 0 Å². The molecule has 0 saturated heterocycles. The highest BCUT2D eigenvalue weighted by atomic mass is 14.2. The number of hydrogen-bond donors (Lipinski definition) is 0. The molecule has 86 valence electrons. The zero-order valence-electron chi connectivity index (χ0n) is 10.4. The van der Waals surface area contributed by atoms with E-state index in [-0.39, 0.29) is 0 Å². The molecule has 1 aliphatic rings. The normalized spacial score (nSPS) is 26.1. The van der Waals surface area contributed by atoms with E-state index >= 15 is 0 Å². The van der Waals surface area contributed by atoms with Crippen LogP contribution in [0.3, 0.4) is 0 Å². The van der Waals surface area contributed by atoms with E-state index in [2.05, 4.69) is 50.3 Å². The molecule has 1 aliphatic carbocycles. The summed E-state index contributed by atoms with van der Waals surface area (Å²) in [5.74, 6) is 1.77. The lowest BCUT2D eigenvalue weighted by Crippen LogP contribution is -2.09. The summed E-state index contributed by atoms with van der Waals surface area (Å²) in [5.41, 5.74) is 2.67. The van der Waals surface area contributed by atoms with E-state index in [0.717, 1.165) is 11.8 Å². The molecule has 0 N–H and O–H groups in total. The zero-order valence-corrected chi connectivity index (χ0v) is 10.4. The number of benzene rings is 1. The molecule has 0 amide bonds. The summed E-state index contributed by atoms with van der Waals surface area (Å²) >= 11 is 0. The lowest BCUT2D eigenvalue weighted by atomic mass is 9.83. The van der Waals surface area contributed by atoms with Crippen LogP contribution in [-0.2, 0) is 0 Å². The SMILES string of the molecule is Cc1ccc(/C=C/C2CCC(C)CC2)cc1. The third-order valence-corrected chi connectivity index (χ3v) is 3.70. The summed E-state index contributed by atoms with van der Waals surface area (Å²) in [6.07, 6.45) is 10.3. The Morgan fingerprint density at radius 3 is 2.25 bits per heavy atom. The highest BCUT2D eigenvalue weighted by molar-refractivity contribution is 5.49. The third kappa shape index (κ3) is 3.23.